The van der Waals surface area contributed by atoms with Crippen LogP contribution in [0.3, 0.4) is 0 Å². The van der Waals surface area contributed by atoms with Gasteiger partial charge in [-0.05, 0) is 24.1 Å². The number of nitrogens with zero attached hydrogens (tertiary/aromatic N) is 1. The lowest BCUT2D eigenvalue weighted by Crippen LogP contribution is -2.39. The minimum atomic E-state index is -0.403. The van der Waals surface area contributed by atoms with Crippen molar-refractivity contribution in [1.29, 1.82) is 0 Å². The van der Waals surface area contributed by atoms with Gasteiger partial charge < -0.3 is 14.4 Å². The predicted molar refractivity (Wildman–Crippen MR) is 84.4 cm³/mol. The number of esters is 1. The van der Waals surface area contributed by atoms with Gasteiger partial charge in [0.15, 0.2) is 0 Å². The van der Waals surface area contributed by atoms with Crippen molar-refractivity contribution in [2.75, 3.05) is 33.9 Å². The summed E-state index contributed by atoms with van der Waals surface area (Å²) in [4.78, 5) is 25.7. The Morgan fingerprint density at radius 2 is 1.87 bits per heavy atom. The summed E-state index contributed by atoms with van der Waals surface area (Å²) in [5.41, 5.74) is 0.735. The molecule has 0 aliphatic heterocycles. The normalized spacial score (nSPS) is 11.8. The molecular weight excluding hydrogens is 301 g/mol. The molecular formula is C17H24FNO4. The van der Waals surface area contributed by atoms with Crippen LogP contribution in [0.15, 0.2) is 24.3 Å². The largest absolute Gasteiger partial charge is 0.469 e. The summed E-state index contributed by atoms with van der Waals surface area (Å²) in [6.07, 6.45) is 0.848. The van der Waals surface area contributed by atoms with E-state index in [-0.39, 0.29) is 30.7 Å². The zero-order valence-corrected chi connectivity index (χ0v) is 13.9. The molecule has 23 heavy (non-hydrogen) atoms. The SMILES string of the molecule is COCCCN(CC(C)C(=O)OC)C(=O)Cc1ccc(F)cc1. The molecule has 1 aromatic carbocycles. The van der Waals surface area contributed by atoms with Gasteiger partial charge in [0.25, 0.3) is 0 Å². The van der Waals surface area contributed by atoms with Crippen LogP contribution < -0.4 is 0 Å². The molecule has 0 heterocycles. The second kappa shape index (κ2) is 9.94. The average molecular weight is 325 g/mol. The molecule has 0 fully saturated rings. The third kappa shape index (κ3) is 6.78. The molecule has 0 N–H and O–H groups in total. The highest BCUT2D eigenvalue weighted by atomic mass is 19.1. The molecule has 6 heteroatoms. The molecule has 0 aliphatic rings. The number of benzene rings is 1. The van der Waals surface area contributed by atoms with Crippen LogP contribution in [0.5, 0.6) is 0 Å². The Balaban J connectivity index is 2.70. The topological polar surface area (TPSA) is 55.8 Å². The predicted octanol–water partition coefficient (Wildman–Crippen LogP) is 2.04. The third-order valence-corrected chi connectivity index (χ3v) is 3.50. The fourth-order valence-electron chi connectivity index (χ4n) is 2.21. The van der Waals surface area contributed by atoms with Gasteiger partial charge in [-0.15, -0.1) is 0 Å². The number of rotatable bonds is 9. The van der Waals surface area contributed by atoms with Crippen molar-refractivity contribution in [2.24, 2.45) is 5.92 Å². The fraction of sp³-hybridized carbons (Fsp3) is 0.529. The van der Waals surface area contributed by atoms with Gasteiger partial charge in [-0.3, -0.25) is 9.59 Å². The summed E-state index contributed by atoms with van der Waals surface area (Å²) in [6.45, 7) is 3.04. The first kappa shape index (κ1) is 19.1. The van der Waals surface area contributed by atoms with Crippen LogP contribution in [-0.4, -0.2) is 50.7 Å². The lowest BCUT2D eigenvalue weighted by atomic mass is 10.1. The minimum Gasteiger partial charge on any atom is -0.469 e. The van der Waals surface area contributed by atoms with Crippen LogP contribution in [0, 0.1) is 11.7 Å². The second-order valence-electron chi connectivity index (χ2n) is 5.41. The number of hydrogen-bond acceptors (Lipinski definition) is 4. The van der Waals surface area contributed by atoms with E-state index >= 15 is 0 Å². The van der Waals surface area contributed by atoms with Crippen LogP contribution in [0.1, 0.15) is 18.9 Å². The maximum absolute atomic E-state index is 12.9. The highest BCUT2D eigenvalue weighted by Gasteiger charge is 2.21. The van der Waals surface area contributed by atoms with E-state index in [0.717, 1.165) is 5.56 Å². The van der Waals surface area contributed by atoms with Crippen LogP contribution in [-0.2, 0) is 25.5 Å². The Hall–Kier alpha value is -1.95. The molecule has 1 rings (SSSR count). The van der Waals surface area contributed by atoms with Gasteiger partial charge in [-0.1, -0.05) is 19.1 Å². The zero-order valence-electron chi connectivity index (χ0n) is 13.9. The van der Waals surface area contributed by atoms with Gasteiger partial charge in [-0.2, -0.15) is 0 Å². The van der Waals surface area contributed by atoms with Gasteiger partial charge in [0.2, 0.25) is 5.91 Å². The van der Waals surface area contributed by atoms with Crippen molar-refractivity contribution < 1.29 is 23.5 Å². The summed E-state index contributed by atoms with van der Waals surface area (Å²) in [7, 11) is 2.93. The molecule has 0 aliphatic carbocycles. The van der Waals surface area contributed by atoms with Crippen molar-refractivity contribution >= 4 is 11.9 Å². The van der Waals surface area contributed by atoms with E-state index in [9.17, 15) is 14.0 Å². The Kier molecular flexibility index (Phi) is 8.26. The number of methoxy groups -OCH3 is 2. The number of ether oxygens (including phenoxy) is 2. The Bertz CT molecular complexity index is 504. The van der Waals surface area contributed by atoms with Crippen molar-refractivity contribution in [1.82, 2.24) is 4.90 Å². The van der Waals surface area contributed by atoms with Gasteiger partial charge in [0, 0.05) is 26.8 Å². The molecule has 1 unspecified atom stereocenters. The Morgan fingerprint density at radius 3 is 2.43 bits per heavy atom. The highest BCUT2D eigenvalue weighted by molar-refractivity contribution is 5.80. The molecule has 0 radical (unpaired) electrons. The van der Waals surface area contributed by atoms with Crippen LogP contribution >= 0.6 is 0 Å². The maximum Gasteiger partial charge on any atom is 0.310 e. The zero-order chi connectivity index (χ0) is 17.2. The van der Waals surface area contributed by atoms with E-state index in [1.807, 2.05) is 0 Å². The van der Waals surface area contributed by atoms with Crippen molar-refractivity contribution in [3.8, 4) is 0 Å². The molecule has 0 saturated heterocycles. The number of carbonyl (C=O) groups is 2. The van der Waals surface area contributed by atoms with E-state index in [4.69, 9.17) is 9.47 Å². The Labute approximate surface area is 136 Å². The summed E-state index contributed by atoms with van der Waals surface area (Å²) in [5, 5.41) is 0. The van der Waals surface area contributed by atoms with Gasteiger partial charge in [0.05, 0.1) is 19.4 Å². The average Bonchev–Trinajstić information content (AvgIpc) is 2.55. The monoisotopic (exact) mass is 325 g/mol. The first-order valence-electron chi connectivity index (χ1n) is 7.57. The standard InChI is InChI=1S/C17H24FNO4/c1-13(17(21)23-3)12-19(9-4-10-22-2)16(20)11-14-5-7-15(18)8-6-14/h5-8,13H,4,9-12H2,1-3H3. The molecule has 0 spiro atoms. The fourth-order valence-corrected chi connectivity index (χ4v) is 2.21. The minimum absolute atomic E-state index is 0.108. The first-order chi connectivity index (χ1) is 11.0. The lowest BCUT2D eigenvalue weighted by Gasteiger charge is -2.25. The molecule has 5 nitrogen and oxygen atoms in total. The summed E-state index contributed by atoms with van der Waals surface area (Å²) in [5.74, 6) is -1.20. The van der Waals surface area contributed by atoms with Crippen molar-refractivity contribution in [3.05, 3.63) is 35.6 Å². The number of amides is 1. The molecule has 128 valence electrons. The van der Waals surface area contributed by atoms with E-state index in [0.29, 0.717) is 19.6 Å². The summed E-state index contributed by atoms with van der Waals surface area (Å²) >= 11 is 0. The number of halogens is 1. The maximum atomic E-state index is 12.9. The Morgan fingerprint density at radius 1 is 1.22 bits per heavy atom. The third-order valence-electron chi connectivity index (χ3n) is 3.50. The molecule has 1 atom stereocenters. The smallest absolute Gasteiger partial charge is 0.310 e. The van der Waals surface area contributed by atoms with Gasteiger partial charge in [0.1, 0.15) is 5.82 Å². The van der Waals surface area contributed by atoms with Crippen LogP contribution in [0.25, 0.3) is 0 Å². The van der Waals surface area contributed by atoms with E-state index in [1.165, 1.54) is 19.2 Å². The van der Waals surface area contributed by atoms with Gasteiger partial charge in [-0.25, -0.2) is 4.39 Å². The van der Waals surface area contributed by atoms with E-state index in [2.05, 4.69) is 0 Å². The number of hydrogen-bond donors (Lipinski definition) is 0. The quantitative estimate of drug-likeness (QED) is 0.515. The van der Waals surface area contributed by atoms with Crippen molar-refractivity contribution in [3.63, 3.8) is 0 Å². The van der Waals surface area contributed by atoms with Crippen LogP contribution in [0.4, 0.5) is 4.39 Å². The van der Waals surface area contributed by atoms with E-state index in [1.54, 1.807) is 31.1 Å². The molecule has 1 amide bonds. The van der Waals surface area contributed by atoms with Crippen LogP contribution in [0.2, 0.25) is 0 Å². The van der Waals surface area contributed by atoms with Gasteiger partial charge >= 0.3 is 5.97 Å². The second-order valence-corrected chi connectivity index (χ2v) is 5.41. The molecule has 0 aromatic heterocycles. The lowest BCUT2D eigenvalue weighted by molar-refractivity contribution is -0.146. The first-order valence-corrected chi connectivity index (χ1v) is 7.57. The highest BCUT2D eigenvalue weighted by Crippen LogP contribution is 2.09. The summed E-state index contributed by atoms with van der Waals surface area (Å²) in [6, 6.07) is 5.83. The summed E-state index contributed by atoms with van der Waals surface area (Å²) < 4.78 is 22.6. The van der Waals surface area contributed by atoms with Crippen molar-refractivity contribution in [2.45, 2.75) is 19.8 Å². The number of carbonyl (C=O) groups excluding carboxylic acids is 2. The molecule has 1 aromatic rings. The van der Waals surface area contributed by atoms with E-state index < -0.39 is 5.92 Å². The molecule has 0 bridgehead atoms. The molecule has 0 saturated carbocycles.